The first kappa shape index (κ1) is 38.6. The minimum Gasteiger partial charge on any atom is -0.340 e. The SMILES string of the molecule is CCN(CC)[C@@H](C(=O)N1CCC[C@H]1c1ncc(-c2ccc(C#Cc3ccc(-c4cnc([C@@H]5CCCN5C(=O)[C@H](N)c5ccccc5)[nH]4)cc3)cc2)[nH]1)c1ccccc1. The number of H-pyrrole nitrogens is 2. The number of nitrogens with zero attached hydrogens (tertiary/aromatic N) is 5. The van der Waals surface area contributed by atoms with E-state index >= 15 is 0 Å². The Hall–Kier alpha value is -6.28. The Morgan fingerprint density at radius 1 is 0.672 bits per heavy atom. The number of likely N-dealkylation sites (tertiary alicyclic amines) is 2. The number of amides is 2. The molecule has 8 rings (SSSR count). The highest BCUT2D eigenvalue weighted by Gasteiger charge is 2.38. The molecule has 4 aromatic carbocycles. The lowest BCUT2D eigenvalue weighted by Crippen LogP contribution is -2.43. The zero-order valence-corrected chi connectivity index (χ0v) is 33.1. The lowest BCUT2D eigenvalue weighted by Gasteiger charge is -2.34. The highest BCUT2D eigenvalue weighted by atomic mass is 16.2. The van der Waals surface area contributed by atoms with E-state index in [1.54, 1.807) is 0 Å². The number of likely N-dealkylation sites (N-methyl/N-ethyl adjacent to an activating group) is 1. The molecule has 4 heterocycles. The second kappa shape index (κ2) is 17.5. The van der Waals surface area contributed by atoms with E-state index in [-0.39, 0.29) is 29.9 Å². The quantitative estimate of drug-likeness (QED) is 0.115. The molecular weight excluding hydrogens is 721 g/mol. The normalized spacial score (nSPS) is 17.6. The van der Waals surface area contributed by atoms with Gasteiger partial charge in [0.2, 0.25) is 11.8 Å². The van der Waals surface area contributed by atoms with Gasteiger partial charge in [0.25, 0.3) is 0 Å². The van der Waals surface area contributed by atoms with E-state index in [2.05, 4.69) is 69.8 Å². The Morgan fingerprint density at radius 3 is 1.59 bits per heavy atom. The van der Waals surface area contributed by atoms with Crippen LogP contribution >= 0.6 is 0 Å². The minimum absolute atomic E-state index is 0.0799. The van der Waals surface area contributed by atoms with Gasteiger partial charge in [-0.1, -0.05) is 111 Å². The Kier molecular flexibility index (Phi) is 11.6. The number of aromatic amines is 2. The topological polar surface area (TPSA) is 127 Å². The zero-order valence-electron chi connectivity index (χ0n) is 33.1. The van der Waals surface area contributed by atoms with Crippen LogP contribution in [0.1, 0.15) is 97.6 Å². The van der Waals surface area contributed by atoms with Crippen LogP contribution in [0.2, 0.25) is 0 Å². The van der Waals surface area contributed by atoms with Crippen LogP contribution in [-0.4, -0.2) is 72.6 Å². The van der Waals surface area contributed by atoms with E-state index < -0.39 is 6.04 Å². The molecule has 4 atom stereocenters. The molecule has 2 amide bonds. The monoisotopic (exact) mass is 770 g/mol. The fourth-order valence-corrected chi connectivity index (χ4v) is 8.42. The Bertz CT molecular complexity index is 2370. The van der Waals surface area contributed by atoms with Crippen molar-refractivity contribution in [3.63, 3.8) is 0 Å². The van der Waals surface area contributed by atoms with Crippen LogP contribution < -0.4 is 5.73 Å². The van der Waals surface area contributed by atoms with Gasteiger partial charge in [0.05, 0.1) is 35.9 Å². The molecule has 2 aliphatic heterocycles. The summed E-state index contributed by atoms with van der Waals surface area (Å²) >= 11 is 0. The molecule has 0 aliphatic carbocycles. The lowest BCUT2D eigenvalue weighted by atomic mass is 10.0. The molecule has 0 bridgehead atoms. The molecule has 2 saturated heterocycles. The summed E-state index contributed by atoms with van der Waals surface area (Å²) < 4.78 is 0. The molecular formula is C48H50N8O2. The van der Waals surface area contributed by atoms with Crippen molar-refractivity contribution in [1.29, 1.82) is 0 Å². The number of carbonyl (C=O) groups is 2. The zero-order chi connectivity index (χ0) is 40.0. The average molecular weight is 771 g/mol. The summed E-state index contributed by atoms with van der Waals surface area (Å²) in [5, 5.41) is 0. The molecule has 6 aromatic rings. The Labute approximate surface area is 340 Å². The van der Waals surface area contributed by atoms with Crippen molar-refractivity contribution in [3.8, 4) is 34.4 Å². The van der Waals surface area contributed by atoms with Crippen molar-refractivity contribution in [2.75, 3.05) is 26.2 Å². The second-order valence-corrected chi connectivity index (χ2v) is 15.1. The highest BCUT2D eigenvalue weighted by Crippen LogP contribution is 2.36. The van der Waals surface area contributed by atoms with Crippen molar-refractivity contribution in [2.24, 2.45) is 5.73 Å². The van der Waals surface area contributed by atoms with E-state index in [1.807, 2.05) is 107 Å². The van der Waals surface area contributed by atoms with Crippen LogP contribution in [0, 0.1) is 11.8 Å². The van der Waals surface area contributed by atoms with Gasteiger partial charge in [0.15, 0.2) is 0 Å². The molecule has 2 fully saturated rings. The van der Waals surface area contributed by atoms with Crippen LogP contribution in [0.4, 0.5) is 0 Å². The van der Waals surface area contributed by atoms with Gasteiger partial charge in [-0.3, -0.25) is 14.5 Å². The van der Waals surface area contributed by atoms with Gasteiger partial charge in [-0.05, 0) is 85.3 Å². The molecule has 0 spiro atoms. The lowest BCUT2D eigenvalue weighted by molar-refractivity contribution is -0.138. The van der Waals surface area contributed by atoms with Gasteiger partial charge in [-0.15, -0.1) is 0 Å². The molecule has 0 unspecified atom stereocenters. The van der Waals surface area contributed by atoms with Crippen LogP contribution in [0.3, 0.4) is 0 Å². The highest BCUT2D eigenvalue weighted by molar-refractivity contribution is 5.84. The van der Waals surface area contributed by atoms with Crippen molar-refractivity contribution in [3.05, 3.63) is 155 Å². The standard InChI is InChI=1S/C48H50N8O2/c1-3-54(4-2)44(38-15-9-6-10-16-38)48(58)56-30-12-18-42(56)46-51-32-40(53-46)36-27-23-34(24-28-36)20-19-33-21-25-35(26-22-33)39-31-50-45(52-39)41-17-11-29-55(41)47(57)43(49)37-13-7-5-8-14-37/h5-10,13-16,21-28,31-32,41-44H,3-4,11-12,17-18,29-30,49H2,1-2H3,(H,50,52)(H,51,53)/t41-,42-,43+,44+/m0/s1. The molecule has 10 heteroatoms. The number of carbonyl (C=O) groups excluding carboxylic acids is 2. The van der Waals surface area contributed by atoms with Gasteiger partial charge < -0.3 is 25.5 Å². The summed E-state index contributed by atoms with van der Waals surface area (Å²) in [4.78, 5) is 50.2. The molecule has 4 N–H and O–H groups in total. The molecule has 0 saturated carbocycles. The number of benzene rings is 4. The molecule has 2 aliphatic rings. The third kappa shape index (κ3) is 8.10. The van der Waals surface area contributed by atoms with E-state index in [4.69, 9.17) is 10.7 Å². The van der Waals surface area contributed by atoms with Crippen LogP contribution in [0.15, 0.2) is 122 Å². The number of rotatable bonds is 11. The minimum atomic E-state index is -0.697. The smallest absolute Gasteiger partial charge is 0.245 e. The second-order valence-electron chi connectivity index (χ2n) is 15.1. The Morgan fingerprint density at radius 2 is 1.12 bits per heavy atom. The number of aromatic nitrogens is 4. The van der Waals surface area contributed by atoms with Crippen LogP contribution in [0.25, 0.3) is 22.5 Å². The van der Waals surface area contributed by atoms with E-state index in [9.17, 15) is 9.59 Å². The third-order valence-corrected chi connectivity index (χ3v) is 11.6. The molecule has 10 nitrogen and oxygen atoms in total. The number of nitrogens with two attached hydrogens (primary N) is 1. The predicted octanol–water partition coefficient (Wildman–Crippen LogP) is 7.98. The van der Waals surface area contributed by atoms with Crippen molar-refractivity contribution in [2.45, 2.75) is 63.7 Å². The molecule has 2 aromatic heterocycles. The first-order chi connectivity index (χ1) is 28.4. The summed E-state index contributed by atoms with van der Waals surface area (Å²) in [6.45, 7) is 7.20. The maximum Gasteiger partial charge on any atom is 0.245 e. The van der Waals surface area contributed by atoms with Crippen molar-refractivity contribution < 1.29 is 9.59 Å². The average Bonchev–Trinajstić information content (AvgIpc) is 4.12. The summed E-state index contributed by atoms with van der Waals surface area (Å²) in [5.41, 5.74) is 13.8. The maximum absolute atomic E-state index is 14.2. The number of imidazole rings is 2. The summed E-state index contributed by atoms with van der Waals surface area (Å²) in [7, 11) is 0. The number of nitrogens with one attached hydrogen (secondary N) is 2. The molecule has 58 heavy (non-hydrogen) atoms. The maximum atomic E-state index is 14.2. The van der Waals surface area contributed by atoms with Gasteiger partial charge in [0.1, 0.15) is 23.7 Å². The van der Waals surface area contributed by atoms with Crippen LogP contribution in [0.5, 0.6) is 0 Å². The first-order valence-electron chi connectivity index (χ1n) is 20.4. The summed E-state index contributed by atoms with van der Waals surface area (Å²) in [6, 6.07) is 34.6. The Balaban J connectivity index is 0.901. The third-order valence-electron chi connectivity index (χ3n) is 11.6. The number of hydrogen-bond acceptors (Lipinski definition) is 6. The molecule has 0 radical (unpaired) electrons. The van der Waals surface area contributed by atoms with Gasteiger partial charge in [-0.25, -0.2) is 9.97 Å². The van der Waals surface area contributed by atoms with Gasteiger partial charge in [0, 0.05) is 24.2 Å². The fraction of sp³-hybridized carbons (Fsp3) is 0.292. The molecule has 294 valence electrons. The fourth-order valence-electron chi connectivity index (χ4n) is 8.42. The largest absolute Gasteiger partial charge is 0.340 e. The van der Waals surface area contributed by atoms with Gasteiger partial charge >= 0.3 is 0 Å². The number of hydrogen-bond donors (Lipinski definition) is 3. The summed E-state index contributed by atoms with van der Waals surface area (Å²) in [6.07, 6.45) is 7.27. The van der Waals surface area contributed by atoms with E-state index in [1.165, 1.54) is 0 Å². The van der Waals surface area contributed by atoms with Crippen molar-refractivity contribution in [1.82, 2.24) is 34.6 Å². The predicted molar refractivity (Wildman–Crippen MR) is 227 cm³/mol. The van der Waals surface area contributed by atoms with Gasteiger partial charge in [-0.2, -0.15) is 0 Å². The van der Waals surface area contributed by atoms with E-state index in [0.717, 1.165) is 102 Å². The van der Waals surface area contributed by atoms with Crippen LogP contribution in [-0.2, 0) is 9.59 Å². The van der Waals surface area contributed by atoms with E-state index in [0.29, 0.717) is 6.54 Å². The first-order valence-corrected chi connectivity index (χ1v) is 20.4. The summed E-state index contributed by atoms with van der Waals surface area (Å²) in [5.74, 6) is 8.24. The van der Waals surface area contributed by atoms with Crippen molar-refractivity contribution >= 4 is 11.8 Å².